The van der Waals surface area contributed by atoms with Gasteiger partial charge in [0.2, 0.25) is 0 Å². The molecule has 4 rings (SSSR count). The maximum atomic E-state index is 12.3. The van der Waals surface area contributed by atoms with Crippen molar-refractivity contribution < 1.29 is 9.90 Å². The van der Waals surface area contributed by atoms with E-state index in [0.29, 0.717) is 17.0 Å². The van der Waals surface area contributed by atoms with Gasteiger partial charge in [0.15, 0.2) is 0 Å². The molecule has 2 N–H and O–H groups in total. The molecule has 0 aromatic carbocycles. The number of hydrogen-bond donors (Lipinski definition) is 2. The molecule has 0 saturated carbocycles. The van der Waals surface area contributed by atoms with E-state index in [1.54, 1.807) is 53.3 Å². The van der Waals surface area contributed by atoms with Crippen LogP contribution in [0.4, 0.5) is 0 Å². The highest BCUT2D eigenvalue weighted by Gasteiger charge is 2.11. The van der Waals surface area contributed by atoms with Gasteiger partial charge in [0, 0.05) is 24.7 Å². The largest absolute Gasteiger partial charge is 0.392 e. The number of imidazole rings is 1. The zero-order valence-electron chi connectivity index (χ0n) is 13.7. The fraction of sp³-hybridized carbons (Fsp3) is 0.111. The second kappa shape index (κ2) is 6.41. The molecule has 4 aromatic heterocycles. The number of rotatable bonds is 4. The number of aromatic nitrogens is 4. The van der Waals surface area contributed by atoms with Crippen LogP contribution >= 0.6 is 0 Å². The highest BCUT2D eigenvalue weighted by molar-refractivity contribution is 5.92. The number of pyridine rings is 2. The first-order valence-electron chi connectivity index (χ1n) is 7.98. The summed E-state index contributed by atoms with van der Waals surface area (Å²) in [7, 11) is 0. The number of amides is 1. The third kappa shape index (κ3) is 2.93. The summed E-state index contributed by atoms with van der Waals surface area (Å²) < 4.78 is 3.16. The van der Waals surface area contributed by atoms with Crippen LogP contribution < -0.4 is 10.9 Å². The van der Waals surface area contributed by atoms with E-state index in [9.17, 15) is 14.7 Å². The van der Waals surface area contributed by atoms with Crippen LogP contribution in [-0.2, 0) is 13.2 Å². The lowest BCUT2D eigenvalue weighted by atomic mass is 10.3. The van der Waals surface area contributed by atoms with Gasteiger partial charge < -0.3 is 14.8 Å². The smallest absolute Gasteiger partial charge is 0.270 e. The predicted molar refractivity (Wildman–Crippen MR) is 93.7 cm³/mol. The van der Waals surface area contributed by atoms with Gasteiger partial charge in [-0.1, -0.05) is 12.1 Å². The molecule has 0 aliphatic carbocycles. The number of carbonyl (C=O) groups is 1. The Labute approximate surface area is 147 Å². The molecule has 0 aliphatic rings. The van der Waals surface area contributed by atoms with Gasteiger partial charge in [0.25, 0.3) is 11.5 Å². The SMILES string of the molecule is O=C(NCc1cn2cc(CO)ccc2n1)c1cc(=O)n2ccccc2n1. The summed E-state index contributed by atoms with van der Waals surface area (Å²) in [5, 5.41) is 11.9. The summed E-state index contributed by atoms with van der Waals surface area (Å²) in [6.45, 7) is 0.147. The van der Waals surface area contributed by atoms with Gasteiger partial charge in [-0.3, -0.25) is 14.0 Å². The van der Waals surface area contributed by atoms with Crippen molar-refractivity contribution >= 4 is 17.2 Å². The molecule has 8 nitrogen and oxygen atoms in total. The van der Waals surface area contributed by atoms with Gasteiger partial charge in [-0.15, -0.1) is 0 Å². The van der Waals surface area contributed by atoms with E-state index in [-0.39, 0.29) is 24.4 Å². The van der Waals surface area contributed by atoms with Crippen LogP contribution in [0, 0.1) is 0 Å². The quantitative estimate of drug-likeness (QED) is 0.567. The van der Waals surface area contributed by atoms with Gasteiger partial charge in [-0.25, -0.2) is 9.97 Å². The zero-order valence-corrected chi connectivity index (χ0v) is 13.7. The monoisotopic (exact) mass is 349 g/mol. The lowest BCUT2D eigenvalue weighted by Gasteiger charge is -2.04. The highest BCUT2D eigenvalue weighted by Crippen LogP contribution is 2.08. The number of hydrogen-bond acceptors (Lipinski definition) is 5. The van der Waals surface area contributed by atoms with Crippen LogP contribution in [0.1, 0.15) is 21.7 Å². The minimum absolute atomic E-state index is 0.0522. The third-order valence-corrected chi connectivity index (χ3v) is 3.98. The summed E-state index contributed by atoms with van der Waals surface area (Å²) in [6.07, 6.45) is 5.15. The van der Waals surface area contributed by atoms with E-state index in [2.05, 4.69) is 15.3 Å². The van der Waals surface area contributed by atoms with E-state index in [1.165, 1.54) is 10.5 Å². The van der Waals surface area contributed by atoms with Crippen LogP contribution in [0.2, 0.25) is 0 Å². The summed E-state index contributed by atoms with van der Waals surface area (Å²) in [6, 6.07) is 9.93. The highest BCUT2D eigenvalue weighted by atomic mass is 16.3. The van der Waals surface area contributed by atoms with E-state index >= 15 is 0 Å². The van der Waals surface area contributed by atoms with Gasteiger partial charge in [-0.05, 0) is 23.8 Å². The summed E-state index contributed by atoms with van der Waals surface area (Å²) >= 11 is 0. The summed E-state index contributed by atoms with van der Waals surface area (Å²) in [4.78, 5) is 33.0. The number of fused-ring (bicyclic) bond motifs is 2. The fourth-order valence-corrected chi connectivity index (χ4v) is 2.70. The molecular weight excluding hydrogens is 334 g/mol. The fourth-order valence-electron chi connectivity index (χ4n) is 2.70. The molecule has 26 heavy (non-hydrogen) atoms. The Balaban J connectivity index is 1.54. The molecular formula is C18H15N5O3. The lowest BCUT2D eigenvalue weighted by Crippen LogP contribution is -2.27. The van der Waals surface area contributed by atoms with Crippen molar-refractivity contribution in [2.75, 3.05) is 0 Å². The summed E-state index contributed by atoms with van der Waals surface area (Å²) in [5.41, 5.74) is 2.30. The first kappa shape index (κ1) is 16.0. The molecule has 130 valence electrons. The van der Waals surface area contributed by atoms with Crippen molar-refractivity contribution in [2.24, 2.45) is 0 Å². The Hall–Kier alpha value is -3.52. The van der Waals surface area contributed by atoms with Crippen molar-refractivity contribution in [2.45, 2.75) is 13.2 Å². The van der Waals surface area contributed by atoms with E-state index in [4.69, 9.17) is 0 Å². The lowest BCUT2D eigenvalue weighted by molar-refractivity contribution is 0.0945. The maximum absolute atomic E-state index is 12.3. The molecule has 0 aliphatic heterocycles. The van der Waals surface area contributed by atoms with Gasteiger partial charge in [0.1, 0.15) is 17.0 Å². The number of aliphatic hydroxyl groups excluding tert-OH is 1. The third-order valence-electron chi connectivity index (χ3n) is 3.98. The standard InChI is InChI=1S/C18H15N5O3/c24-11-12-4-5-15-20-13(10-22(15)9-12)8-19-18(26)14-7-17(25)23-6-2-1-3-16(23)21-14/h1-7,9-10,24H,8,11H2,(H,19,26). The first-order chi connectivity index (χ1) is 12.6. The number of nitrogens with zero attached hydrogens (tertiary/aromatic N) is 4. The van der Waals surface area contributed by atoms with Gasteiger partial charge in [-0.2, -0.15) is 0 Å². The number of aliphatic hydroxyl groups is 1. The molecule has 0 spiro atoms. The topological polar surface area (TPSA) is 101 Å². The average Bonchev–Trinajstić information content (AvgIpc) is 3.08. The number of nitrogens with one attached hydrogen (secondary N) is 1. The van der Waals surface area contributed by atoms with Crippen LogP contribution in [0.15, 0.2) is 59.8 Å². The molecule has 1 amide bonds. The predicted octanol–water partition coefficient (Wildman–Crippen LogP) is 0.764. The molecule has 0 bridgehead atoms. The van der Waals surface area contributed by atoms with Gasteiger partial charge in [0.05, 0.1) is 18.8 Å². The Morgan fingerprint density at radius 1 is 1.12 bits per heavy atom. The molecule has 4 heterocycles. The molecule has 8 heteroatoms. The Kier molecular flexibility index (Phi) is 3.94. The minimum atomic E-state index is -0.443. The van der Waals surface area contributed by atoms with Crippen LogP contribution in [0.25, 0.3) is 11.3 Å². The molecule has 4 aromatic rings. The van der Waals surface area contributed by atoms with Crippen molar-refractivity contribution in [1.82, 2.24) is 24.1 Å². The Morgan fingerprint density at radius 3 is 2.85 bits per heavy atom. The van der Waals surface area contributed by atoms with E-state index in [1.807, 2.05) is 0 Å². The van der Waals surface area contributed by atoms with Crippen LogP contribution in [0.3, 0.4) is 0 Å². The molecule has 0 radical (unpaired) electrons. The molecule has 0 atom stereocenters. The van der Waals surface area contributed by atoms with Crippen molar-refractivity contribution in [3.8, 4) is 0 Å². The normalized spacial score (nSPS) is 11.1. The van der Waals surface area contributed by atoms with Crippen molar-refractivity contribution in [3.63, 3.8) is 0 Å². The average molecular weight is 349 g/mol. The van der Waals surface area contributed by atoms with Crippen molar-refractivity contribution in [1.29, 1.82) is 0 Å². The van der Waals surface area contributed by atoms with E-state index in [0.717, 1.165) is 5.56 Å². The second-order valence-corrected chi connectivity index (χ2v) is 5.78. The first-order valence-corrected chi connectivity index (χ1v) is 7.98. The molecule has 0 fully saturated rings. The summed E-state index contributed by atoms with van der Waals surface area (Å²) in [5.74, 6) is -0.443. The van der Waals surface area contributed by atoms with Crippen LogP contribution in [-0.4, -0.2) is 29.8 Å². The minimum Gasteiger partial charge on any atom is -0.392 e. The van der Waals surface area contributed by atoms with Crippen molar-refractivity contribution in [3.05, 3.63) is 82.3 Å². The van der Waals surface area contributed by atoms with E-state index < -0.39 is 5.91 Å². The zero-order chi connectivity index (χ0) is 18.1. The molecule has 0 unspecified atom stereocenters. The Bertz CT molecular complexity index is 1180. The van der Waals surface area contributed by atoms with Crippen LogP contribution in [0.5, 0.6) is 0 Å². The number of carbonyl (C=O) groups excluding carboxylic acids is 1. The van der Waals surface area contributed by atoms with Gasteiger partial charge >= 0.3 is 0 Å². The Morgan fingerprint density at radius 2 is 2.00 bits per heavy atom. The molecule has 0 saturated heterocycles. The maximum Gasteiger partial charge on any atom is 0.270 e. The second-order valence-electron chi connectivity index (χ2n) is 5.78.